The second kappa shape index (κ2) is 8.91. The van der Waals surface area contributed by atoms with Crippen molar-refractivity contribution in [3.63, 3.8) is 0 Å². The number of hydrogen-bond acceptors (Lipinski definition) is 4. The van der Waals surface area contributed by atoms with E-state index in [1.807, 2.05) is 45.0 Å². The van der Waals surface area contributed by atoms with Crippen molar-refractivity contribution in [2.24, 2.45) is 0 Å². The van der Waals surface area contributed by atoms with E-state index in [0.29, 0.717) is 42.0 Å². The zero-order valence-corrected chi connectivity index (χ0v) is 19.5. The molecule has 0 bridgehead atoms. The third-order valence-electron chi connectivity index (χ3n) is 6.03. The molecule has 0 fully saturated rings. The molecule has 168 valence electrons. The third-order valence-corrected chi connectivity index (χ3v) is 6.03. The lowest BCUT2D eigenvalue weighted by molar-refractivity contribution is 0.0593. The lowest BCUT2D eigenvalue weighted by atomic mass is 9.95. The molecular formula is C27H31NO4. The fourth-order valence-corrected chi connectivity index (χ4v) is 4.33. The Bertz CT molecular complexity index is 1190. The van der Waals surface area contributed by atoms with E-state index in [2.05, 4.69) is 26.0 Å². The second-order valence-corrected chi connectivity index (χ2v) is 9.17. The lowest BCUT2D eigenvalue weighted by Crippen LogP contribution is -2.31. The quantitative estimate of drug-likeness (QED) is 0.456. The van der Waals surface area contributed by atoms with Gasteiger partial charge in [-0.1, -0.05) is 49.7 Å². The van der Waals surface area contributed by atoms with Gasteiger partial charge in [0.25, 0.3) is 5.91 Å². The summed E-state index contributed by atoms with van der Waals surface area (Å²) < 4.78 is 11.7. The van der Waals surface area contributed by atoms with Gasteiger partial charge in [0, 0.05) is 13.2 Å². The summed E-state index contributed by atoms with van der Waals surface area (Å²) in [5.74, 6) is 0.332. The number of ether oxygens (including phenoxy) is 1. The highest BCUT2D eigenvalue weighted by molar-refractivity contribution is 5.99. The number of aryl methyl sites for hydroxylation is 1. The molecule has 0 saturated heterocycles. The minimum Gasteiger partial charge on any atom is -0.450 e. The minimum atomic E-state index is -0.459. The average Bonchev–Trinajstić information content (AvgIpc) is 3.04. The van der Waals surface area contributed by atoms with Gasteiger partial charge in [0.05, 0.1) is 23.1 Å². The Morgan fingerprint density at radius 1 is 1.03 bits per heavy atom. The maximum absolute atomic E-state index is 13.6. The van der Waals surface area contributed by atoms with Gasteiger partial charge >= 0.3 is 0 Å². The molecule has 5 nitrogen and oxygen atoms in total. The summed E-state index contributed by atoms with van der Waals surface area (Å²) in [6.45, 7) is 11.3. The summed E-state index contributed by atoms with van der Waals surface area (Å²) in [4.78, 5) is 28.7. The Kier molecular flexibility index (Phi) is 6.20. The molecule has 1 amide bonds. The van der Waals surface area contributed by atoms with E-state index in [4.69, 9.17) is 9.15 Å². The Labute approximate surface area is 189 Å². The van der Waals surface area contributed by atoms with Gasteiger partial charge in [0.2, 0.25) is 5.76 Å². The Morgan fingerprint density at radius 2 is 1.75 bits per heavy atom. The molecule has 0 unspecified atom stereocenters. The van der Waals surface area contributed by atoms with Gasteiger partial charge in [-0.3, -0.25) is 9.59 Å². The maximum Gasteiger partial charge on any atom is 0.290 e. The molecule has 4 rings (SSSR count). The zero-order chi connectivity index (χ0) is 23.0. The van der Waals surface area contributed by atoms with Crippen molar-refractivity contribution in [3.8, 4) is 0 Å². The number of rotatable bonds is 7. The molecule has 2 heterocycles. The molecule has 1 aliphatic heterocycles. The first-order valence-electron chi connectivity index (χ1n) is 11.4. The van der Waals surface area contributed by atoms with Crippen LogP contribution in [0.2, 0.25) is 0 Å². The predicted octanol–water partition coefficient (Wildman–Crippen LogP) is 5.59. The van der Waals surface area contributed by atoms with Gasteiger partial charge in [-0.05, 0) is 56.4 Å². The largest absolute Gasteiger partial charge is 0.450 e. The van der Waals surface area contributed by atoms with Crippen molar-refractivity contribution in [1.29, 1.82) is 0 Å². The molecule has 3 aromatic rings. The molecule has 0 radical (unpaired) electrons. The highest BCUT2D eigenvalue weighted by Gasteiger charge is 2.42. The molecule has 2 aromatic carbocycles. The Hall–Kier alpha value is -2.92. The first-order valence-corrected chi connectivity index (χ1v) is 11.4. The van der Waals surface area contributed by atoms with Crippen molar-refractivity contribution in [3.05, 3.63) is 80.7 Å². The van der Waals surface area contributed by atoms with Crippen LogP contribution in [0.3, 0.4) is 0 Å². The number of fused-ring (bicyclic) bond motifs is 2. The van der Waals surface area contributed by atoms with Crippen LogP contribution in [0.15, 0.2) is 51.7 Å². The normalized spacial score (nSPS) is 15.9. The highest BCUT2D eigenvalue weighted by atomic mass is 16.5. The van der Waals surface area contributed by atoms with Crippen molar-refractivity contribution >= 4 is 16.9 Å². The lowest BCUT2D eigenvalue weighted by Gasteiger charge is -2.25. The van der Waals surface area contributed by atoms with E-state index in [-0.39, 0.29) is 23.2 Å². The van der Waals surface area contributed by atoms with Gasteiger partial charge in [0.1, 0.15) is 5.58 Å². The third kappa shape index (κ3) is 4.09. The van der Waals surface area contributed by atoms with Crippen molar-refractivity contribution in [2.45, 2.75) is 59.1 Å². The van der Waals surface area contributed by atoms with Gasteiger partial charge < -0.3 is 14.1 Å². The average molecular weight is 434 g/mol. The van der Waals surface area contributed by atoms with E-state index < -0.39 is 6.04 Å². The molecular weight excluding hydrogens is 402 g/mol. The molecule has 1 aromatic heterocycles. The van der Waals surface area contributed by atoms with Crippen molar-refractivity contribution < 1.29 is 13.9 Å². The maximum atomic E-state index is 13.6. The van der Waals surface area contributed by atoms with Crippen LogP contribution in [0.5, 0.6) is 0 Å². The molecule has 32 heavy (non-hydrogen) atoms. The van der Waals surface area contributed by atoms with Gasteiger partial charge in [-0.2, -0.15) is 0 Å². The molecule has 0 N–H and O–H groups in total. The first kappa shape index (κ1) is 22.3. The predicted molar refractivity (Wildman–Crippen MR) is 126 cm³/mol. The SMILES string of the molecule is Cc1ccc2oc3c(c(=O)c2c1)[C@@H](c1ccc(C(C)C)cc1)N(CCCOC(C)C)C3=O. The second-order valence-electron chi connectivity index (χ2n) is 9.17. The van der Waals surface area contributed by atoms with Crippen LogP contribution in [0, 0.1) is 6.92 Å². The summed E-state index contributed by atoms with van der Waals surface area (Å²) >= 11 is 0. The molecule has 1 aliphatic rings. The highest BCUT2D eigenvalue weighted by Crippen LogP contribution is 2.38. The van der Waals surface area contributed by atoms with E-state index in [1.165, 1.54) is 5.56 Å². The number of carbonyl (C=O) groups excluding carboxylic acids is 1. The smallest absolute Gasteiger partial charge is 0.290 e. The van der Waals surface area contributed by atoms with Gasteiger partial charge in [0.15, 0.2) is 5.43 Å². The van der Waals surface area contributed by atoms with Crippen molar-refractivity contribution in [2.75, 3.05) is 13.2 Å². The van der Waals surface area contributed by atoms with Crippen LogP contribution in [-0.2, 0) is 4.74 Å². The fourth-order valence-electron chi connectivity index (χ4n) is 4.33. The number of nitrogens with zero attached hydrogens (tertiary/aromatic N) is 1. The molecule has 0 aliphatic carbocycles. The standard InChI is InChI=1S/C27H31NO4/c1-16(2)19-8-10-20(11-9-19)24-23-25(29)21-15-18(5)7-12-22(21)32-26(23)27(30)28(24)13-6-14-31-17(3)4/h7-12,15-17,24H,6,13-14H2,1-5H3/t24-/m1/s1. The van der Waals surface area contributed by atoms with E-state index in [1.54, 1.807) is 11.0 Å². The zero-order valence-electron chi connectivity index (χ0n) is 19.5. The van der Waals surface area contributed by atoms with Crippen LogP contribution in [0.1, 0.15) is 78.9 Å². The molecule has 0 saturated carbocycles. The van der Waals surface area contributed by atoms with Crippen LogP contribution in [0.4, 0.5) is 0 Å². The summed E-state index contributed by atoms with van der Waals surface area (Å²) in [6, 6.07) is 13.2. The minimum absolute atomic E-state index is 0.128. The number of amides is 1. The Balaban J connectivity index is 1.80. The van der Waals surface area contributed by atoms with E-state index in [0.717, 1.165) is 11.1 Å². The van der Waals surface area contributed by atoms with E-state index in [9.17, 15) is 9.59 Å². The van der Waals surface area contributed by atoms with Crippen LogP contribution in [-0.4, -0.2) is 30.1 Å². The monoisotopic (exact) mass is 433 g/mol. The number of benzene rings is 2. The molecule has 0 spiro atoms. The van der Waals surface area contributed by atoms with Crippen molar-refractivity contribution in [1.82, 2.24) is 4.90 Å². The number of carbonyl (C=O) groups is 1. The van der Waals surface area contributed by atoms with Crippen LogP contribution < -0.4 is 5.43 Å². The summed E-state index contributed by atoms with van der Waals surface area (Å²) in [6.07, 6.45) is 0.823. The summed E-state index contributed by atoms with van der Waals surface area (Å²) in [5.41, 5.74) is 3.88. The summed E-state index contributed by atoms with van der Waals surface area (Å²) in [5, 5.41) is 0.519. The van der Waals surface area contributed by atoms with Crippen LogP contribution >= 0.6 is 0 Å². The molecule has 1 atom stereocenters. The first-order chi connectivity index (χ1) is 15.3. The number of hydrogen-bond donors (Lipinski definition) is 0. The fraction of sp³-hybridized carbons (Fsp3) is 0.407. The van der Waals surface area contributed by atoms with Gasteiger partial charge in [-0.15, -0.1) is 0 Å². The summed E-state index contributed by atoms with van der Waals surface area (Å²) in [7, 11) is 0. The van der Waals surface area contributed by atoms with Gasteiger partial charge in [-0.25, -0.2) is 0 Å². The topological polar surface area (TPSA) is 59.8 Å². The van der Waals surface area contributed by atoms with E-state index >= 15 is 0 Å². The molecule has 5 heteroatoms. The van der Waals surface area contributed by atoms with Crippen LogP contribution in [0.25, 0.3) is 11.0 Å². The Morgan fingerprint density at radius 3 is 2.41 bits per heavy atom.